The number of aryl methyl sites for hydroxylation is 1. The summed E-state index contributed by atoms with van der Waals surface area (Å²) in [6, 6.07) is 6.05. The predicted octanol–water partition coefficient (Wildman–Crippen LogP) is 3.33. The van der Waals surface area contributed by atoms with E-state index in [0.29, 0.717) is 0 Å². The Labute approximate surface area is 109 Å². The highest BCUT2D eigenvalue weighted by Gasteiger charge is 2.00. The number of nitrogens with zero attached hydrogens (tertiary/aromatic N) is 2. The first-order valence-corrected chi connectivity index (χ1v) is 6.01. The van der Waals surface area contributed by atoms with E-state index in [2.05, 4.69) is 42.6 Å². The van der Waals surface area contributed by atoms with Crippen LogP contribution in [0, 0.1) is 6.92 Å². The molecule has 0 unspecified atom stereocenters. The lowest BCUT2D eigenvalue weighted by atomic mass is 10.2. The number of nitrogens with one attached hydrogen (secondary N) is 2. The molecule has 2 N–H and O–H groups in total. The Kier molecular flexibility index (Phi) is 3.58. The van der Waals surface area contributed by atoms with Crippen molar-refractivity contribution < 1.29 is 0 Å². The van der Waals surface area contributed by atoms with E-state index in [1.54, 1.807) is 12.4 Å². The van der Waals surface area contributed by atoms with Crippen molar-refractivity contribution in [3.63, 3.8) is 0 Å². The van der Waals surface area contributed by atoms with Crippen LogP contribution in [0.5, 0.6) is 0 Å². The molecule has 0 saturated carbocycles. The van der Waals surface area contributed by atoms with Crippen molar-refractivity contribution in [3.8, 4) is 0 Å². The van der Waals surface area contributed by atoms with Crippen LogP contribution in [0.15, 0.2) is 35.1 Å². The van der Waals surface area contributed by atoms with E-state index >= 15 is 0 Å². The van der Waals surface area contributed by atoms with Gasteiger partial charge in [-0.3, -0.25) is 4.98 Å². The standard InChI is InChI=1S/C12H13BrN4/c1-8-5-9(3-4-10(8)13)16-12-7-15-6-11(14-2)17-12/h3-7H,1-2H3,(H2,14,16,17). The van der Waals surface area contributed by atoms with Crippen molar-refractivity contribution in [1.29, 1.82) is 0 Å². The van der Waals surface area contributed by atoms with Crippen LogP contribution in [0.1, 0.15) is 5.56 Å². The minimum atomic E-state index is 0.721. The number of hydrogen-bond acceptors (Lipinski definition) is 4. The summed E-state index contributed by atoms with van der Waals surface area (Å²) in [6.07, 6.45) is 3.37. The molecular weight excluding hydrogens is 280 g/mol. The van der Waals surface area contributed by atoms with E-state index in [0.717, 1.165) is 21.8 Å². The van der Waals surface area contributed by atoms with Gasteiger partial charge in [-0.1, -0.05) is 15.9 Å². The first-order chi connectivity index (χ1) is 8.19. The molecule has 0 aliphatic heterocycles. The van der Waals surface area contributed by atoms with Gasteiger partial charge >= 0.3 is 0 Å². The molecule has 0 bridgehead atoms. The van der Waals surface area contributed by atoms with Gasteiger partial charge in [0.05, 0.1) is 12.4 Å². The lowest BCUT2D eigenvalue weighted by Crippen LogP contribution is -1.99. The Hall–Kier alpha value is -1.62. The summed E-state index contributed by atoms with van der Waals surface area (Å²) in [5.74, 6) is 1.46. The van der Waals surface area contributed by atoms with Crippen molar-refractivity contribution in [1.82, 2.24) is 9.97 Å². The summed E-state index contributed by atoms with van der Waals surface area (Å²) in [7, 11) is 1.82. The molecule has 0 amide bonds. The Morgan fingerprint density at radius 1 is 1.18 bits per heavy atom. The number of aromatic nitrogens is 2. The van der Waals surface area contributed by atoms with Crippen LogP contribution in [0.2, 0.25) is 0 Å². The second-order valence-corrected chi connectivity index (χ2v) is 4.48. The number of benzene rings is 1. The van der Waals surface area contributed by atoms with E-state index in [9.17, 15) is 0 Å². The third-order valence-electron chi connectivity index (χ3n) is 2.32. The molecule has 1 heterocycles. The number of hydrogen-bond donors (Lipinski definition) is 2. The highest BCUT2D eigenvalue weighted by Crippen LogP contribution is 2.22. The van der Waals surface area contributed by atoms with Crippen molar-refractivity contribution in [2.75, 3.05) is 17.7 Å². The van der Waals surface area contributed by atoms with Gasteiger partial charge < -0.3 is 10.6 Å². The van der Waals surface area contributed by atoms with Gasteiger partial charge in [-0.05, 0) is 30.7 Å². The van der Waals surface area contributed by atoms with Gasteiger partial charge in [0.15, 0.2) is 5.82 Å². The van der Waals surface area contributed by atoms with E-state index in [-0.39, 0.29) is 0 Å². The van der Waals surface area contributed by atoms with Crippen LogP contribution in [0.25, 0.3) is 0 Å². The summed E-state index contributed by atoms with van der Waals surface area (Å²) < 4.78 is 1.10. The van der Waals surface area contributed by atoms with Gasteiger partial charge in [0.25, 0.3) is 0 Å². The van der Waals surface area contributed by atoms with Crippen LogP contribution in [-0.4, -0.2) is 17.0 Å². The highest BCUT2D eigenvalue weighted by atomic mass is 79.9. The van der Waals surface area contributed by atoms with Gasteiger partial charge in [0, 0.05) is 17.2 Å². The fourth-order valence-electron chi connectivity index (χ4n) is 1.42. The van der Waals surface area contributed by atoms with Crippen LogP contribution in [0.3, 0.4) is 0 Å². The predicted molar refractivity (Wildman–Crippen MR) is 73.7 cm³/mol. The molecule has 0 radical (unpaired) electrons. The molecule has 5 heteroatoms. The average molecular weight is 293 g/mol. The fourth-order valence-corrected chi connectivity index (χ4v) is 1.66. The second-order valence-electron chi connectivity index (χ2n) is 3.63. The normalized spacial score (nSPS) is 10.1. The average Bonchev–Trinajstić information content (AvgIpc) is 2.34. The lowest BCUT2D eigenvalue weighted by Gasteiger charge is -2.08. The van der Waals surface area contributed by atoms with Crippen LogP contribution < -0.4 is 10.6 Å². The third kappa shape index (κ3) is 2.94. The molecular formula is C12H13BrN4. The maximum atomic E-state index is 4.34. The first-order valence-electron chi connectivity index (χ1n) is 5.22. The molecule has 2 aromatic rings. The van der Waals surface area contributed by atoms with Crippen LogP contribution in [-0.2, 0) is 0 Å². The minimum absolute atomic E-state index is 0.721. The number of halogens is 1. The molecule has 0 fully saturated rings. The molecule has 1 aromatic heterocycles. The minimum Gasteiger partial charge on any atom is -0.372 e. The molecule has 17 heavy (non-hydrogen) atoms. The molecule has 0 aliphatic rings. The van der Waals surface area contributed by atoms with Crippen LogP contribution >= 0.6 is 15.9 Å². The van der Waals surface area contributed by atoms with Crippen LogP contribution in [0.4, 0.5) is 17.3 Å². The largest absolute Gasteiger partial charge is 0.372 e. The van der Waals surface area contributed by atoms with Crippen molar-refractivity contribution in [3.05, 3.63) is 40.6 Å². The van der Waals surface area contributed by atoms with Crippen molar-refractivity contribution >= 4 is 33.3 Å². The summed E-state index contributed by atoms with van der Waals surface area (Å²) in [4.78, 5) is 8.44. The number of anilines is 3. The maximum absolute atomic E-state index is 4.34. The van der Waals surface area contributed by atoms with Crippen molar-refractivity contribution in [2.24, 2.45) is 0 Å². The molecule has 0 spiro atoms. The summed E-state index contributed by atoms with van der Waals surface area (Å²) >= 11 is 3.47. The van der Waals surface area contributed by atoms with E-state index in [1.807, 2.05) is 26.1 Å². The van der Waals surface area contributed by atoms with Crippen molar-refractivity contribution in [2.45, 2.75) is 6.92 Å². The molecule has 2 rings (SSSR count). The molecule has 1 aromatic carbocycles. The Morgan fingerprint density at radius 2 is 1.94 bits per heavy atom. The van der Waals surface area contributed by atoms with E-state index in [4.69, 9.17) is 0 Å². The Morgan fingerprint density at radius 3 is 2.65 bits per heavy atom. The zero-order valence-corrected chi connectivity index (χ0v) is 11.2. The zero-order chi connectivity index (χ0) is 12.3. The fraction of sp³-hybridized carbons (Fsp3) is 0.167. The second kappa shape index (κ2) is 5.14. The Bertz CT molecular complexity index is 528. The molecule has 0 saturated heterocycles. The van der Waals surface area contributed by atoms with E-state index in [1.165, 1.54) is 5.56 Å². The van der Waals surface area contributed by atoms with Gasteiger partial charge in [-0.15, -0.1) is 0 Å². The molecule has 0 atom stereocenters. The van der Waals surface area contributed by atoms with E-state index < -0.39 is 0 Å². The zero-order valence-electron chi connectivity index (χ0n) is 9.66. The smallest absolute Gasteiger partial charge is 0.151 e. The topological polar surface area (TPSA) is 49.8 Å². The first kappa shape index (κ1) is 11.9. The SMILES string of the molecule is CNc1cncc(Nc2ccc(Br)c(C)c2)n1. The molecule has 0 aliphatic carbocycles. The maximum Gasteiger partial charge on any atom is 0.151 e. The van der Waals surface area contributed by atoms with Gasteiger partial charge in [-0.25, -0.2) is 4.98 Å². The summed E-state index contributed by atoms with van der Waals surface area (Å²) in [5, 5.41) is 6.16. The van der Waals surface area contributed by atoms with Gasteiger partial charge in [0.1, 0.15) is 5.82 Å². The highest BCUT2D eigenvalue weighted by molar-refractivity contribution is 9.10. The monoisotopic (exact) mass is 292 g/mol. The Balaban J connectivity index is 2.22. The molecule has 4 nitrogen and oxygen atoms in total. The summed E-state index contributed by atoms with van der Waals surface area (Å²) in [5.41, 5.74) is 2.17. The van der Waals surface area contributed by atoms with Gasteiger partial charge in [-0.2, -0.15) is 0 Å². The summed E-state index contributed by atoms with van der Waals surface area (Å²) in [6.45, 7) is 2.05. The van der Waals surface area contributed by atoms with Gasteiger partial charge in [0.2, 0.25) is 0 Å². The quantitative estimate of drug-likeness (QED) is 0.911. The molecule has 88 valence electrons. The lowest BCUT2D eigenvalue weighted by molar-refractivity contribution is 1.18. The number of rotatable bonds is 3. The third-order valence-corrected chi connectivity index (χ3v) is 3.21.